The zero-order chi connectivity index (χ0) is 10.9. The highest BCUT2D eigenvalue weighted by atomic mass is 15.2. The molecular formula is C13H25N. The minimum Gasteiger partial charge on any atom is -0.299 e. The van der Waals surface area contributed by atoms with Crippen LogP contribution in [0.25, 0.3) is 0 Å². The molecule has 1 aliphatic rings. The van der Waals surface area contributed by atoms with Crippen molar-refractivity contribution in [1.82, 2.24) is 4.90 Å². The first-order valence-corrected chi connectivity index (χ1v) is 5.82. The van der Waals surface area contributed by atoms with E-state index in [9.17, 15) is 0 Å². The lowest BCUT2D eigenvalue weighted by atomic mass is 9.83. The highest BCUT2D eigenvalue weighted by Crippen LogP contribution is 2.32. The van der Waals surface area contributed by atoms with Crippen molar-refractivity contribution in [3.05, 3.63) is 12.2 Å². The summed E-state index contributed by atoms with van der Waals surface area (Å²) in [6.45, 7) is 13.5. The average molecular weight is 195 g/mol. The minimum absolute atomic E-state index is 0.698. The fourth-order valence-electron chi connectivity index (χ4n) is 2.62. The van der Waals surface area contributed by atoms with Gasteiger partial charge in [0.05, 0.1) is 0 Å². The van der Waals surface area contributed by atoms with Crippen molar-refractivity contribution in [2.45, 2.75) is 52.6 Å². The Morgan fingerprint density at radius 3 is 1.71 bits per heavy atom. The van der Waals surface area contributed by atoms with Gasteiger partial charge in [-0.3, -0.25) is 4.90 Å². The molecule has 0 aliphatic carbocycles. The second kappa shape index (κ2) is 4.48. The van der Waals surface area contributed by atoms with E-state index in [0.29, 0.717) is 12.1 Å². The first-order chi connectivity index (χ1) is 6.43. The fourth-order valence-corrected chi connectivity index (χ4v) is 2.62. The number of likely N-dealkylation sites (tertiary alicyclic amines) is 1. The number of hydrogen-bond acceptors (Lipinski definition) is 1. The third kappa shape index (κ3) is 2.38. The SMILES string of the molecule is C=C1CC(C(C)C)N(C)C(C(C)C)C1. The highest BCUT2D eigenvalue weighted by Gasteiger charge is 2.32. The maximum absolute atomic E-state index is 4.19. The van der Waals surface area contributed by atoms with Crippen LogP contribution in [0.5, 0.6) is 0 Å². The fraction of sp³-hybridized carbons (Fsp3) is 0.846. The molecule has 14 heavy (non-hydrogen) atoms. The molecule has 0 saturated carbocycles. The molecular weight excluding hydrogens is 170 g/mol. The lowest BCUT2D eigenvalue weighted by molar-refractivity contribution is 0.0817. The molecule has 1 saturated heterocycles. The van der Waals surface area contributed by atoms with Gasteiger partial charge in [0.1, 0.15) is 0 Å². The van der Waals surface area contributed by atoms with Crippen LogP contribution in [0.2, 0.25) is 0 Å². The quantitative estimate of drug-likeness (QED) is 0.611. The molecule has 0 radical (unpaired) electrons. The summed E-state index contributed by atoms with van der Waals surface area (Å²) < 4.78 is 0. The number of nitrogens with zero attached hydrogens (tertiary/aromatic N) is 1. The first kappa shape index (κ1) is 11.8. The summed E-state index contributed by atoms with van der Waals surface area (Å²) in [5.74, 6) is 1.47. The van der Waals surface area contributed by atoms with E-state index in [4.69, 9.17) is 0 Å². The van der Waals surface area contributed by atoms with Gasteiger partial charge in [-0.15, -0.1) is 0 Å². The highest BCUT2D eigenvalue weighted by molar-refractivity contribution is 5.07. The van der Waals surface area contributed by atoms with Gasteiger partial charge in [-0.25, -0.2) is 0 Å². The van der Waals surface area contributed by atoms with Gasteiger partial charge in [-0.2, -0.15) is 0 Å². The maximum atomic E-state index is 4.19. The summed E-state index contributed by atoms with van der Waals surface area (Å²) in [6.07, 6.45) is 2.38. The molecule has 1 heterocycles. The summed E-state index contributed by atoms with van der Waals surface area (Å²) in [7, 11) is 2.28. The van der Waals surface area contributed by atoms with E-state index >= 15 is 0 Å². The van der Waals surface area contributed by atoms with E-state index < -0.39 is 0 Å². The van der Waals surface area contributed by atoms with Gasteiger partial charge in [-0.05, 0) is 31.7 Å². The Kier molecular flexibility index (Phi) is 3.77. The second-order valence-electron chi connectivity index (χ2n) is 5.45. The van der Waals surface area contributed by atoms with Crippen LogP contribution in [0.4, 0.5) is 0 Å². The smallest absolute Gasteiger partial charge is 0.0155 e. The van der Waals surface area contributed by atoms with Gasteiger partial charge in [0, 0.05) is 12.1 Å². The van der Waals surface area contributed by atoms with Crippen LogP contribution in [-0.2, 0) is 0 Å². The molecule has 0 spiro atoms. The Balaban J connectivity index is 2.75. The van der Waals surface area contributed by atoms with E-state index in [1.54, 1.807) is 0 Å². The van der Waals surface area contributed by atoms with Gasteiger partial charge < -0.3 is 0 Å². The molecule has 0 N–H and O–H groups in total. The third-order valence-corrected chi connectivity index (χ3v) is 3.58. The largest absolute Gasteiger partial charge is 0.299 e. The standard InChI is InChI=1S/C13H25N/c1-9(2)12-7-11(5)8-13(10(3)4)14(12)6/h9-10,12-13H,5,7-8H2,1-4,6H3. The van der Waals surface area contributed by atoms with Crippen molar-refractivity contribution in [2.75, 3.05) is 7.05 Å². The monoisotopic (exact) mass is 195 g/mol. The number of rotatable bonds is 2. The van der Waals surface area contributed by atoms with Crippen molar-refractivity contribution in [3.63, 3.8) is 0 Å². The molecule has 0 aromatic rings. The van der Waals surface area contributed by atoms with Gasteiger partial charge >= 0.3 is 0 Å². The molecule has 1 rings (SSSR count). The average Bonchev–Trinajstić information content (AvgIpc) is 2.07. The zero-order valence-corrected chi connectivity index (χ0v) is 10.4. The Labute approximate surface area is 89.2 Å². The van der Waals surface area contributed by atoms with E-state index in [1.807, 2.05) is 0 Å². The van der Waals surface area contributed by atoms with Gasteiger partial charge in [0.15, 0.2) is 0 Å². The zero-order valence-electron chi connectivity index (χ0n) is 10.4. The second-order valence-corrected chi connectivity index (χ2v) is 5.45. The van der Waals surface area contributed by atoms with Crippen molar-refractivity contribution >= 4 is 0 Å². The molecule has 2 unspecified atom stereocenters. The Morgan fingerprint density at radius 2 is 1.43 bits per heavy atom. The Bertz CT molecular complexity index is 185. The topological polar surface area (TPSA) is 3.24 Å². The van der Waals surface area contributed by atoms with Crippen LogP contribution >= 0.6 is 0 Å². The van der Waals surface area contributed by atoms with Crippen LogP contribution in [0, 0.1) is 11.8 Å². The molecule has 1 fully saturated rings. The summed E-state index contributed by atoms with van der Waals surface area (Å²) in [5.41, 5.74) is 1.44. The predicted octanol–water partition coefficient (Wildman–Crippen LogP) is 3.32. The lowest BCUT2D eigenvalue weighted by Gasteiger charge is -2.44. The Morgan fingerprint density at radius 1 is 1.07 bits per heavy atom. The van der Waals surface area contributed by atoms with E-state index in [0.717, 1.165) is 11.8 Å². The molecule has 1 heteroatoms. The first-order valence-electron chi connectivity index (χ1n) is 5.82. The molecule has 2 atom stereocenters. The lowest BCUT2D eigenvalue weighted by Crippen LogP contribution is -2.49. The maximum Gasteiger partial charge on any atom is 0.0155 e. The Hall–Kier alpha value is -0.300. The molecule has 82 valence electrons. The predicted molar refractivity (Wildman–Crippen MR) is 63.4 cm³/mol. The third-order valence-electron chi connectivity index (χ3n) is 3.58. The number of piperidine rings is 1. The molecule has 0 bridgehead atoms. The van der Waals surface area contributed by atoms with Crippen LogP contribution < -0.4 is 0 Å². The summed E-state index contributed by atoms with van der Waals surface area (Å²) >= 11 is 0. The van der Waals surface area contributed by atoms with Gasteiger partial charge in [-0.1, -0.05) is 39.8 Å². The van der Waals surface area contributed by atoms with Crippen molar-refractivity contribution < 1.29 is 0 Å². The van der Waals surface area contributed by atoms with Crippen LogP contribution in [0.15, 0.2) is 12.2 Å². The van der Waals surface area contributed by atoms with Gasteiger partial charge in [0.2, 0.25) is 0 Å². The summed E-state index contributed by atoms with van der Waals surface area (Å²) in [4.78, 5) is 2.57. The normalized spacial score (nSPS) is 30.4. The van der Waals surface area contributed by atoms with E-state index in [2.05, 4.69) is 46.2 Å². The molecule has 0 aromatic heterocycles. The van der Waals surface area contributed by atoms with Crippen molar-refractivity contribution in [1.29, 1.82) is 0 Å². The molecule has 1 aliphatic heterocycles. The van der Waals surface area contributed by atoms with E-state index in [-0.39, 0.29) is 0 Å². The van der Waals surface area contributed by atoms with Crippen molar-refractivity contribution in [3.8, 4) is 0 Å². The van der Waals surface area contributed by atoms with E-state index in [1.165, 1.54) is 18.4 Å². The number of hydrogen-bond donors (Lipinski definition) is 0. The molecule has 0 aromatic carbocycles. The van der Waals surface area contributed by atoms with Crippen LogP contribution in [-0.4, -0.2) is 24.0 Å². The summed E-state index contributed by atoms with van der Waals surface area (Å²) in [5, 5.41) is 0. The van der Waals surface area contributed by atoms with Crippen LogP contribution in [0.3, 0.4) is 0 Å². The molecule has 1 nitrogen and oxygen atoms in total. The molecule has 0 amide bonds. The van der Waals surface area contributed by atoms with Gasteiger partial charge in [0.25, 0.3) is 0 Å². The van der Waals surface area contributed by atoms with Crippen molar-refractivity contribution in [2.24, 2.45) is 11.8 Å². The van der Waals surface area contributed by atoms with Crippen LogP contribution in [0.1, 0.15) is 40.5 Å². The minimum atomic E-state index is 0.698. The summed E-state index contributed by atoms with van der Waals surface area (Å²) in [6, 6.07) is 1.40.